The molecule has 1 aliphatic rings. The Morgan fingerprint density at radius 1 is 1.25 bits per heavy atom. The number of carbonyl (C=O) groups excluding carboxylic acids is 1. The largest absolute Gasteiger partial charge is 0.484 e. The first-order chi connectivity index (χ1) is 15.3. The number of ether oxygens (including phenoxy) is 1. The van der Waals surface area contributed by atoms with Crippen molar-refractivity contribution in [2.24, 2.45) is 0 Å². The average molecular weight is 440 g/mol. The first-order valence-corrected chi connectivity index (χ1v) is 11.1. The lowest BCUT2D eigenvalue weighted by molar-refractivity contribution is -0.130. The lowest BCUT2D eigenvalue weighted by Crippen LogP contribution is -2.54. The van der Waals surface area contributed by atoms with Gasteiger partial charge in [0.1, 0.15) is 17.7 Å². The monoisotopic (exact) mass is 439 g/mol. The third-order valence-electron chi connectivity index (χ3n) is 5.86. The van der Waals surface area contributed by atoms with E-state index in [9.17, 15) is 9.18 Å². The van der Waals surface area contributed by atoms with Gasteiger partial charge in [0.05, 0.1) is 0 Å². The van der Waals surface area contributed by atoms with E-state index in [-0.39, 0.29) is 23.9 Å². The number of amides is 1. The molecule has 0 radical (unpaired) electrons. The van der Waals surface area contributed by atoms with Gasteiger partial charge in [-0.1, -0.05) is 30.8 Å². The number of hydrogen-bond donors (Lipinski definition) is 0. The maximum absolute atomic E-state index is 14.3. The number of benzene rings is 2. The molecule has 0 aliphatic carbocycles. The maximum Gasteiger partial charge on any atom is 0.246 e. The van der Waals surface area contributed by atoms with Gasteiger partial charge in [-0.25, -0.2) is 4.39 Å². The zero-order valence-corrected chi connectivity index (χ0v) is 19.6. The van der Waals surface area contributed by atoms with E-state index in [0.717, 1.165) is 30.9 Å². The Labute approximate surface area is 191 Å². The molecule has 0 bridgehead atoms. The van der Waals surface area contributed by atoms with Crippen molar-refractivity contribution in [1.82, 2.24) is 14.7 Å². The normalized spacial score (nSPS) is 17.9. The Balaban J connectivity index is 1.76. The summed E-state index contributed by atoms with van der Waals surface area (Å²) in [5, 5.41) is 0. The van der Waals surface area contributed by atoms with E-state index in [0.29, 0.717) is 18.7 Å². The first-order valence-electron chi connectivity index (χ1n) is 11.1. The lowest BCUT2D eigenvalue weighted by atomic mass is 10.0. The van der Waals surface area contributed by atoms with E-state index in [2.05, 4.69) is 28.5 Å². The highest BCUT2D eigenvalue weighted by molar-refractivity contribution is 5.87. The Morgan fingerprint density at radius 3 is 2.56 bits per heavy atom. The minimum Gasteiger partial charge on any atom is -0.484 e. The molecule has 0 saturated carbocycles. The van der Waals surface area contributed by atoms with Crippen LogP contribution in [0.5, 0.6) is 5.75 Å². The van der Waals surface area contributed by atoms with Crippen LogP contribution in [0.1, 0.15) is 29.7 Å². The fraction of sp³-hybridized carbons (Fsp3) is 0.423. The highest BCUT2D eigenvalue weighted by Crippen LogP contribution is 2.26. The number of aryl methyl sites for hydroxylation is 1. The third-order valence-corrected chi connectivity index (χ3v) is 5.86. The second-order valence-corrected chi connectivity index (χ2v) is 8.84. The van der Waals surface area contributed by atoms with Crippen LogP contribution in [-0.2, 0) is 11.3 Å². The van der Waals surface area contributed by atoms with Crippen LogP contribution in [0.2, 0.25) is 0 Å². The van der Waals surface area contributed by atoms with E-state index in [1.807, 2.05) is 44.1 Å². The molecule has 0 unspecified atom stereocenters. The van der Waals surface area contributed by atoms with Crippen molar-refractivity contribution in [2.45, 2.75) is 32.5 Å². The SMILES string of the molecule is C=CC(=O)N1CCN(C[C@H](Oc2ccc(CN(C)C)cc2)c2ccc(C)c(F)c2)C[C@H]1C. The Morgan fingerprint density at radius 2 is 1.97 bits per heavy atom. The minimum atomic E-state index is -0.321. The van der Waals surface area contributed by atoms with Gasteiger partial charge >= 0.3 is 0 Å². The predicted octanol–water partition coefficient (Wildman–Crippen LogP) is 4.03. The molecule has 0 aromatic heterocycles. The molecule has 0 spiro atoms. The molecule has 2 aromatic carbocycles. The average Bonchev–Trinajstić information content (AvgIpc) is 2.76. The van der Waals surface area contributed by atoms with Gasteiger partial charge in [0.15, 0.2) is 0 Å². The third kappa shape index (κ3) is 6.17. The standard InChI is InChI=1S/C26H34FN3O2/c1-6-26(31)30-14-13-29(16-20(30)3)18-25(22-10-7-19(2)24(27)15-22)32-23-11-8-21(9-12-23)17-28(4)5/h6-12,15,20,25H,1,13-14,16-18H2,2-5H3/t20-,25+/m1/s1. The second-order valence-electron chi connectivity index (χ2n) is 8.84. The van der Waals surface area contributed by atoms with Crippen molar-refractivity contribution in [3.05, 3.63) is 77.6 Å². The van der Waals surface area contributed by atoms with E-state index >= 15 is 0 Å². The fourth-order valence-electron chi connectivity index (χ4n) is 4.10. The summed E-state index contributed by atoms with van der Waals surface area (Å²) in [6.45, 7) is 11.0. The molecule has 1 saturated heterocycles. The van der Waals surface area contributed by atoms with E-state index in [4.69, 9.17) is 4.74 Å². The highest BCUT2D eigenvalue weighted by atomic mass is 19.1. The van der Waals surface area contributed by atoms with Crippen LogP contribution in [-0.4, -0.2) is 66.9 Å². The molecule has 0 N–H and O–H groups in total. The Bertz CT molecular complexity index is 929. The fourth-order valence-corrected chi connectivity index (χ4v) is 4.10. The maximum atomic E-state index is 14.3. The van der Waals surface area contributed by atoms with Crippen molar-refractivity contribution in [1.29, 1.82) is 0 Å². The van der Waals surface area contributed by atoms with Crippen LogP contribution in [0, 0.1) is 12.7 Å². The molecule has 1 heterocycles. The molecule has 1 amide bonds. The van der Waals surface area contributed by atoms with Crippen molar-refractivity contribution < 1.29 is 13.9 Å². The van der Waals surface area contributed by atoms with Crippen LogP contribution >= 0.6 is 0 Å². The minimum absolute atomic E-state index is 0.0385. The van der Waals surface area contributed by atoms with Crippen molar-refractivity contribution in [2.75, 3.05) is 40.3 Å². The van der Waals surface area contributed by atoms with E-state index in [1.54, 1.807) is 19.1 Å². The summed E-state index contributed by atoms with van der Waals surface area (Å²) in [4.78, 5) is 18.3. The van der Waals surface area contributed by atoms with Crippen LogP contribution in [0.3, 0.4) is 0 Å². The van der Waals surface area contributed by atoms with Crippen molar-refractivity contribution in [3.63, 3.8) is 0 Å². The number of rotatable bonds is 8. The molecule has 32 heavy (non-hydrogen) atoms. The molecule has 5 nitrogen and oxygen atoms in total. The molecule has 2 atom stereocenters. The van der Waals surface area contributed by atoms with Crippen LogP contribution in [0.15, 0.2) is 55.1 Å². The summed E-state index contributed by atoms with van der Waals surface area (Å²) in [6.07, 6.45) is 1.05. The van der Waals surface area contributed by atoms with Crippen LogP contribution in [0.25, 0.3) is 0 Å². The van der Waals surface area contributed by atoms with E-state index in [1.165, 1.54) is 11.6 Å². The zero-order valence-electron chi connectivity index (χ0n) is 19.6. The number of nitrogens with zero attached hydrogens (tertiary/aromatic N) is 3. The smallest absolute Gasteiger partial charge is 0.246 e. The summed E-state index contributed by atoms with van der Waals surface area (Å²) in [5.41, 5.74) is 2.63. The quantitative estimate of drug-likeness (QED) is 0.582. The van der Waals surface area contributed by atoms with Gasteiger partial charge in [0.2, 0.25) is 5.91 Å². The lowest BCUT2D eigenvalue weighted by Gasteiger charge is -2.40. The summed E-state index contributed by atoms with van der Waals surface area (Å²) in [6, 6.07) is 13.4. The van der Waals surface area contributed by atoms with Gasteiger partial charge in [0.25, 0.3) is 0 Å². The topological polar surface area (TPSA) is 36.0 Å². The van der Waals surface area contributed by atoms with Crippen molar-refractivity contribution in [3.8, 4) is 5.75 Å². The predicted molar refractivity (Wildman–Crippen MR) is 126 cm³/mol. The van der Waals surface area contributed by atoms with E-state index < -0.39 is 0 Å². The summed E-state index contributed by atoms with van der Waals surface area (Å²) < 4.78 is 20.7. The number of piperazine rings is 1. The molecule has 3 rings (SSSR count). The van der Waals surface area contributed by atoms with Gasteiger partial charge in [-0.05, 0) is 68.9 Å². The first kappa shape index (κ1) is 24.0. The number of hydrogen-bond acceptors (Lipinski definition) is 4. The van der Waals surface area contributed by atoms with Gasteiger partial charge in [-0.15, -0.1) is 0 Å². The zero-order chi connectivity index (χ0) is 23.3. The molecule has 172 valence electrons. The number of halogens is 1. The van der Waals surface area contributed by atoms with Crippen LogP contribution in [0.4, 0.5) is 4.39 Å². The molecule has 1 aliphatic heterocycles. The van der Waals surface area contributed by atoms with Gasteiger partial charge in [-0.3, -0.25) is 9.69 Å². The van der Waals surface area contributed by atoms with Gasteiger partial charge in [-0.2, -0.15) is 0 Å². The van der Waals surface area contributed by atoms with Crippen molar-refractivity contribution >= 4 is 5.91 Å². The van der Waals surface area contributed by atoms with Gasteiger partial charge < -0.3 is 14.5 Å². The Hall–Kier alpha value is -2.70. The summed E-state index contributed by atoms with van der Waals surface area (Å²) in [5.74, 6) is 0.488. The highest BCUT2D eigenvalue weighted by Gasteiger charge is 2.28. The number of carbonyl (C=O) groups is 1. The second kappa shape index (κ2) is 10.7. The molecule has 6 heteroatoms. The molecule has 1 fully saturated rings. The molecular formula is C26H34FN3O2. The summed E-state index contributed by atoms with van der Waals surface area (Å²) in [7, 11) is 4.07. The molecule has 2 aromatic rings. The van der Waals surface area contributed by atoms with Gasteiger partial charge in [0, 0.05) is 38.8 Å². The van der Waals surface area contributed by atoms with Crippen LogP contribution < -0.4 is 4.74 Å². The summed E-state index contributed by atoms with van der Waals surface area (Å²) >= 11 is 0. The molecular weight excluding hydrogens is 405 g/mol. The Kier molecular flexibility index (Phi) is 8.04.